The zero-order chi connectivity index (χ0) is 22.6. The van der Waals surface area contributed by atoms with Crippen LogP contribution < -0.4 is 0 Å². The largest absolute Gasteiger partial charge is 0.494 e. The summed E-state index contributed by atoms with van der Waals surface area (Å²) in [6.45, 7) is 2.97. The maximum atomic E-state index is 12.5. The molecular weight excluding hydrogens is 400 g/mol. The minimum atomic E-state index is -1.51. The topological polar surface area (TPSA) is 155 Å². The number of aliphatic hydroxyl groups excluding tert-OH is 5. The van der Waals surface area contributed by atoms with Crippen LogP contribution in [0.15, 0.2) is 23.2 Å². The smallest absolute Gasteiger partial charge is 0.204 e. The van der Waals surface area contributed by atoms with E-state index in [1.54, 1.807) is 19.9 Å². The van der Waals surface area contributed by atoms with E-state index in [0.29, 0.717) is 6.42 Å². The normalized spacial score (nSPS) is 38.0. The Bertz CT molecular complexity index is 658. The molecule has 1 fully saturated rings. The molecule has 10 nitrogen and oxygen atoms in total. The van der Waals surface area contributed by atoms with Gasteiger partial charge in [-0.1, -0.05) is 18.6 Å². The molecule has 0 aromatic heterocycles. The van der Waals surface area contributed by atoms with E-state index in [2.05, 4.69) is 0 Å². The lowest BCUT2D eigenvalue weighted by molar-refractivity contribution is -0.299. The molecule has 172 valence electrons. The van der Waals surface area contributed by atoms with E-state index in [4.69, 9.17) is 18.9 Å². The van der Waals surface area contributed by atoms with E-state index >= 15 is 0 Å². The highest BCUT2D eigenvalue weighted by molar-refractivity contribution is 5.97. The molecule has 8 atom stereocenters. The first-order valence-electron chi connectivity index (χ1n) is 9.80. The SMILES string of the molecule is COC1=C(OC)C(O)C(C/C=C(\C)CO[C@H]2OC(CO)[C@H](O)[C@@H](O)C2O)C(C)C1=O. The fraction of sp³-hybridized carbons (Fsp3) is 0.750. The number of carbonyl (C=O) groups excluding carboxylic acids is 1. The zero-order valence-electron chi connectivity index (χ0n) is 17.6. The number of methoxy groups -OCH3 is 2. The second-order valence-electron chi connectivity index (χ2n) is 7.66. The van der Waals surface area contributed by atoms with Gasteiger partial charge in [0, 0.05) is 11.8 Å². The Morgan fingerprint density at radius 1 is 1.10 bits per heavy atom. The van der Waals surface area contributed by atoms with Crippen molar-refractivity contribution in [2.45, 2.75) is 57.1 Å². The molecule has 5 unspecified atom stereocenters. The molecule has 2 rings (SSSR count). The first kappa shape index (κ1) is 24.7. The summed E-state index contributed by atoms with van der Waals surface area (Å²) in [4.78, 5) is 12.5. The molecule has 1 aliphatic heterocycles. The molecule has 0 bridgehead atoms. The van der Waals surface area contributed by atoms with Gasteiger partial charge in [-0.2, -0.15) is 0 Å². The van der Waals surface area contributed by atoms with Crippen molar-refractivity contribution in [2.24, 2.45) is 11.8 Å². The fourth-order valence-corrected chi connectivity index (χ4v) is 3.69. The van der Waals surface area contributed by atoms with Gasteiger partial charge in [-0.05, 0) is 13.3 Å². The van der Waals surface area contributed by atoms with Gasteiger partial charge < -0.3 is 44.5 Å². The molecule has 0 amide bonds. The monoisotopic (exact) mass is 432 g/mol. The molecule has 1 aliphatic carbocycles. The lowest BCUT2D eigenvalue weighted by atomic mass is 9.77. The Labute approximate surface area is 175 Å². The molecule has 0 spiro atoms. The van der Waals surface area contributed by atoms with Crippen molar-refractivity contribution in [3.8, 4) is 0 Å². The quantitative estimate of drug-likeness (QED) is 0.297. The van der Waals surface area contributed by atoms with Crippen LogP contribution in [0.2, 0.25) is 0 Å². The Morgan fingerprint density at radius 3 is 2.33 bits per heavy atom. The lowest BCUT2D eigenvalue weighted by Crippen LogP contribution is -2.59. The van der Waals surface area contributed by atoms with Gasteiger partial charge in [-0.25, -0.2) is 0 Å². The Balaban J connectivity index is 2.00. The predicted octanol–water partition coefficient (Wildman–Crippen LogP) is -1.16. The minimum absolute atomic E-state index is 0.0282. The van der Waals surface area contributed by atoms with E-state index < -0.39 is 55.3 Å². The number of Topliss-reactive ketones (excluding diaryl/α,β-unsaturated/α-hetero) is 1. The molecular formula is C20H32O10. The van der Waals surface area contributed by atoms with Crippen LogP contribution in [0, 0.1) is 11.8 Å². The summed E-state index contributed by atoms with van der Waals surface area (Å²) in [6, 6.07) is 0. The molecule has 0 aromatic carbocycles. The van der Waals surface area contributed by atoms with Crippen LogP contribution in [0.3, 0.4) is 0 Å². The molecule has 5 N–H and O–H groups in total. The van der Waals surface area contributed by atoms with Gasteiger partial charge in [0.1, 0.15) is 30.5 Å². The van der Waals surface area contributed by atoms with E-state index in [0.717, 1.165) is 5.57 Å². The van der Waals surface area contributed by atoms with Crippen molar-refractivity contribution >= 4 is 5.78 Å². The maximum Gasteiger partial charge on any atom is 0.204 e. The van der Waals surface area contributed by atoms with Gasteiger partial charge in [0.05, 0.1) is 27.4 Å². The Kier molecular flexibility index (Phi) is 8.80. The van der Waals surface area contributed by atoms with Crippen LogP contribution >= 0.6 is 0 Å². The number of ether oxygens (including phenoxy) is 4. The minimum Gasteiger partial charge on any atom is -0.494 e. The second-order valence-corrected chi connectivity index (χ2v) is 7.66. The maximum absolute atomic E-state index is 12.5. The van der Waals surface area contributed by atoms with Crippen LogP contribution in [0.4, 0.5) is 0 Å². The first-order valence-corrected chi connectivity index (χ1v) is 9.80. The number of aliphatic hydroxyl groups is 5. The number of hydrogen-bond donors (Lipinski definition) is 5. The van der Waals surface area contributed by atoms with Crippen molar-refractivity contribution in [2.75, 3.05) is 27.4 Å². The van der Waals surface area contributed by atoms with Crippen LogP contribution in [0.5, 0.6) is 0 Å². The summed E-state index contributed by atoms with van der Waals surface area (Å²) in [5, 5.41) is 49.4. The average molecular weight is 432 g/mol. The van der Waals surface area contributed by atoms with Gasteiger partial charge >= 0.3 is 0 Å². The van der Waals surface area contributed by atoms with Gasteiger partial charge in [0.2, 0.25) is 11.5 Å². The van der Waals surface area contributed by atoms with Gasteiger partial charge in [0.25, 0.3) is 0 Å². The molecule has 1 saturated heterocycles. The predicted molar refractivity (Wildman–Crippen MR) is 103 cm³/mol. The van der Waals surface area contributed by atoms with Crippen molar-refractivity contribution in [3.05, 3.63) is 23.2 Å². The number of ketones is 1. The number of allylic oxidation sites excluding steroid dienone is 2. The van der Waals surface area contributed by atoms with Gasteiger partial charge in [-0.3, -0.25) is 4.79 Å². The Hall–Kier alpha value is -1.53. The van der Waals surface area contributed by atoms with E-state index in [1.807, 2.05) is 0 Å². The summed E-state index contributed by atoms with van der Waals surface area (Å²) in [6.07, 6.45) is -5.55. The van der Waals surface area contributed by atoms with Crippen molar-refractivity contribution in [1.82, 2.24) is 0 Å². The van der Waals surface area contributed by atoms with Gasteiger partial charge in [0.15, 0.2) is 12.0 Å². The first-order chi connectivity index (χ1) is 14.2. The molecule has 0 saturated carbocycles. The number of hydrogen-bond acceptors (Lipinski definition) is 10. The lowest BCUT2D eigenvalue weighted by Gasteiger charge is -2.39. The third-order valence-corrected chi connectivity index (χ3v) is 5.66. The molecule has 0 aromatic rings. The highest BCUT2D eigenvalue weighted by Gasteiger charge is 2.44. The van der Waals surface area contributed by atoms with Crippen molar-refractivity contribution in [1.29, 1.82) is 0 Å². The molecule has 2 aliphatic rings. The highest BCUT2D eigenvalue weighted by Crippen LogP contribution is 2.35. The summed E-state index contributed by atoms with van der Waals surface area (Å²) in [5.74, 6) is -1.01. The standard InChI is InChI=1S/C20H32O10/c1-9(8-29-20-17(26)16(25)15(24)12(7-21)30-20)5-6-11-10(2)13(22)18(27-3)19(28-4)14(11)23/h5,10-12,14-17,20-21,23-26H,6-8H2,1-4H3/b9-5+/t10?,11?,12?,14?,15-,16+,17?,20-/m0/s1. The van der Waals surface area contributed by atoms with E-state index in [9.17, 15) is 30.3 Å². The molecule has 0 radical (unpaired) electrons. The summed E-state index contributed by atoms with van der Waals surface area (Å²) < 4.78 is 21.0. The van der Waals surface area contributed by atoms with E-state index in [1.165, 1.54) is 14.2 Å². The van der Waals surface area contributed by atoms with Crippen LogP contribution in [0.1, 0.15) is 20.3 Å². The van der Waals surface area contributed by atoms with Gasteiger partial charge in [-0.15, -0.1) is 0 Å². The Morgan fingerprint density at radius 2 is 1.77 bits per heavy atom. The highest BCUT2D eigenvalue weighted by atomic mass is 16.7. The van der Waals surface area contributed by atoms with Crippen LogP contribution in [0.25, 0.3) is 0 Å². The molecule has 1 heterocycles. The molecule has 30 heavy (non-hydrogen) atoms. The van der Waals surface area contributed by atoms with Crippen LogP contribution in [-0.4, -0.2) is 95.6 Å². The number of carbonyl (C=O) groups is 1. The van der Waals surface area contributed by atoms with Crippen molar-refractivity contribution < 1.29 is 49.3 Å². The van der Waals surface area contributed by atoms with Crippen LogP contribution in [-0.2, 0) is 23.7 Å². The fourth-order valence-electron chi connectivity index (χ4n) is 3.69. The third-order valence-electron chi connectivity index (χ3n) is 5.66. The summed E-state index contributed by atoms with van der Waals surface area (Å²) >= 11 is 0. The summed E-state index contributed by atoms with van der Waals surface area (Å²) in [7, 11) is 2.72. The summed E-state index contributed by atoms with van der Waals surface area (Å²) in [5.41, 5.74) is 0.735. The van der Waals surface area contributed by atoms with Crippen molar-refractivity contribution in [3.63, 3.8) is 0 Å². The van der Waals surface area contributed by atoms with E-state index in [-0.39, 0.29) is 23.9 Å². The molecule has 10 heteroatoms. The average Bonchev–Trinajstić information content (AvgIpc) is 2.73. The number of rotatable bonds is 8. The second kappa shape index (κ2) is 10.7. The zero-order valence-corrected chi connectivity index (χ0v) is 17.6. The third kappa shape index (κ3) is 5.02.